The summed E-state index contributed by atoms with van der Waals surface area (Å²) in [7, 11) is -4.36. The van der Waals surface area contributed by atoms with E-state index in [0.717, 1.165) is 18.2 Å². The number of carbonyl (C=O) groups excluding carboxylic acids is 1. The molecule has 0 saturated carbocycles. The van der Waals surface area contributed by atoms with Crippen molar-refractivity contribution >= 4 is 15.9 Å². The Kier molecular flexibility index (Phi) is 6.22. The summed E-state index contributed by atoms with van der Waals surface area (Å²) in [5.41, 5.74) is -0.916. The van der Waals surface area contributed by atoms with E-state index < -0.39 is 44.4 Å². The molecule has 0 heterocycles. The fraction of sp³-hybridized carbons (Fsp3) is 0.235. The van der Waals surface area contributed by atoms with Gasteiger partial charge < -0.3 is 5.32 Å². The van der Waals surface area contributed by atoms with Gasteiger partial charge in [-0.25, -0.2) is 12.8 Å². The highest BCUT2D eigenvalue weighted by molar-refractivity contribution is 7.89. The summed E-state index contributed by atoms with van der Waals surface area (Å²) in [6.07, 6.45) is -4.70. The minimum Gasteiger partial charge on any atom is -0.351 e. The van der Waals surface area contributed by atoms with E-state index >= 15 is 0 Å². The maximum Gasteiger partial charge on any atom is 0.416 e. The fourth-order valence-electron chi connectivity index (χ4n) is 2.17. The highest BCUT2D eigenvalue weighted by Gasteiger charge is 2.32. The molecule has 2 rings (SSSR count). The monoisotopic (exact) mass is 404 g/mol. The van der Waals surface area contributed by atoms with Gasteiger partial charge in [0.25, 0.3) is 0 Å². The predicted octanol–water partition coefficient (Wildman–Crippen LogP) is 2.83. The molecule has 27 heavy (non-hydrogen) atoms. The number of hydrogen-bond donors (Lipinski definition) is 2. The van der Waals surface area contributed by atoms with Crippen molar-refractivity contribution in [3.63, 3.8) is 0 Å². The lowest BCUT2D eigenvalue weighted by molar-refractivity contribution is -0.137. The van der Waals surface area contributed by atoms with Crippen molar-refractivity contribution in [2.45, 2.75) is 30.6 Å². The average Bonchev–Trinajstić information content (AvgIpc) is 2.59. The van der Waals surface area contributed by atoms with Crippen LogP contribution in [-0.2, 0) is 27.5 Å². The average molecular weight is 404 g/mol. The van der Waals surface area contributed by atoms with Gasteiger partial charge in [-0.2, -0.15) is 17.9 Å². The minimum absolute atomic E-state index is 0.166. The molecule has 0 aliphatic rings. The van der Waals surface area contributed by atoms with Gasteiger partial charge >= 0.3 is 6.18 Å². The van der Waals surface area contributed by atoms with Crippen molar-refractivity contribution in [2.24, 2.45) is 0 Å². The highest BCUT2D eigenvalue weighted by atomic mass is 32.2. The van der Waals surface area contributed by atoms with Crippen LogP contribution < -0.4 is 10.0 Å². The lowest BCUT2D eigenvalue weighted by Gasteiger charge is -2.15. The summed E-state index contributed by atoms with van der Waals surface area (Å²) in [5, 5.41) is 2.36. The highest BCUT2D eigenvalue weighted by Crippen LogP contribution is 2.30. The fourth-order valence-corrected chi connectivity index (χ4v) is 3.42. The number of alkyl halides is 3. The molecule has 0 spiro atoms. The Morgan fingerprint density at radius 3 is 2.41 bits per heavy atom. The first-order valence-corrected chi connectivity index (χ1v) is 9.20. The van der Waals surface area contributed by atoms with E-state index in [1.54, 1.807) is 6.07 Å². The minimum atomic E-state index is -4.70. The number of benzene rings is 2. The van der Waals surface area contributed by atoms with Crippen LogP contribution in [0.2, 0.25) is 0 Å². The first-order valence-electron chi connectivity index (χ1n) is 7.71. The molecule has 2 aromatic carbocycles. The van der Waals surface area contributed by atoms with Crippen LogP contribution in [0.1, 0.15) is 18.1 Å². The molecule has 0 bridgehead atoms. The molecule has 10 heteroatoms. The second kappa shape index (κ2) is 8.05. The van der Waals surface area contributed by atoms with Crippen molar-refractivity contribution in [2.75, 3.05) is 0 Å². The molecule has 2 aromatic rings. The first-order chi connectivity index (χ1) is 12.5. The number of nitrogens with one attached hydrogen (secondary N) is 2. The largest absolute Gasteiger partial charge is 0.416 e. The van der Waals surface area contributed by atoms with E-state index in [9.17, 15) is 30.8 Å². The number of amides is 1. The molecule has 5 nitrogen and oxygen atoms in total. The predicted molar refractivity (Wildman–Crippen MR) is 89.5 cm³/mol. The van der Waals surface area contributed by atoms with E-state index in [1.807, 2.05) is 4.72 Å². The Balaban J connectivity index is 2.06. The standard InChI is InChI=1S/C17H16F4N2O3S/c1-11(16(24)22-10-12-5-2-3-8-15(12)18)23-27(25,26)14-7-4-6-13(9-14)17(19,20)21/h2-9,11,23H,10H2,1H3,(H,22,24). The van der Waals surface area contributed by atoms with Crippen LogP contribution in [0.5, 0.6) is 0 Å². The Bertz CT molecular complexity index is 930. The van der Waals surface area contributed by atoms with Gasteiger partial charge in [0.2, 0.25) is 15.9 Å². The first kappa shape index (κ1) is 20.8. The van der Waals surface area contributed by atoms with Gasteiger partial charge in [-0.1, -0.05) is 24.3 Å². The maximum absolute atomic E-state index is 13.5. The van der Waals surface area contributed by atoms with Gasteiger partial charge in [0, 0.05) is 12.1 Å². The van der Waals surface area contributed by atoms with Gasteiger partial charge in [0.15, 0.2) is 0 Å². The van der Waals surface area contributed by atoms with Crippen LogP contribution in [-0.4, -0.2) is 20.4 Å². The quantitative estimate of drug-likeness (QED) is 0.727. The zero-order valence-electron chi connectivity index (χ0n) is 14.0. The number of halogens is 4. The molecule has 1 unspecified atom stereocenters. The smallest absolute Gasteiger partial charge is 0.351 e. The van der Waals surface area contributed by atoms with Gasteiger partial charge in [-0.3, -0.25) is 4.79 Å². The molecule has 0 fully saturated rings. The summed E-state index contributed by atoms with van der Waals surface area (Å²) in [6.45, 7) is 1.06. The lowest BCUT2D eigenvalue weighted by Crippen LogP contribution is -2.44. The van der Waals surface area contributed by atoms with Crippen molar-refractivity contribution in [3.8, 4) is 0 Å². The number of carbonyl (C=O) groups is 1. The third-order valence-corrected chi connectivity index (χ3v) is 5.15. The Hall–Kier alpha value is -2.46. The van der Waals surface area contributed by atoms with Crippen LogP contribution in [0.3, 0.4) is 0 Å². The third kappa shape index (κ3) is 5.51. The molecule has 146 valence electrons. The van der Waals surface area contributed by atoms with Crippen molar-refractivity contribution < 1.29 is 30.8 Å². The molecular weight excluding hydrogens is 388 g/mol. The summed E-state index contributed by atoms with van der Waals surface area (Å²) in [4.78, 5) is 11.4. The van der Waals surface area contributed by atoms with Gasteiger partial charge in [0.05, 0.1) is 16.5 Å². The van der Waals surface area contributed by atoms with Crippen LogP contribution in [0.4, 0.5) is 17.6 Å². The van der Waals surface area contributed by atoms with Gasteiger partial charge in [-0.15, -0.1) is 0 Å². The number of rotatable bonds is 6. The topological polar surface area (TPSA) is 75.3 Å². The molecule has 1 amide bonds. The number of hydrogen-bond acceptors (Lipinski definition) is 3. The Labute approximate surface area is 153 Å². The van der Waals surface area contributed by atoms with E-state index in [0.29, 0.717) is 6.07 Å². The van der Waals surface area contributed by atoms with Crippen molar-refractivity contribution in [1.29, 1.82) is 0 Å². The summed E-state index contributed by atoms with van der Waals surface area (Å²) in [5.74, 6) is -1.29. The zero-order chi connectivity index (χ0) is 20.2. The molecule has 0 radical (unpaired) electrons. The lowest BCUT2D eigenvalue weighted by atomic mass is 10.2. The molecule has 0 aliphatic carbocycles. The Morgan fingerprint density at radius 2 is 1.78 bits per heavy atom. The zero-order valence-corrected chi connectivity index (χ0v) is 14.9. The normalized spacial score (nSPS) is 13.2. The summed E-state index contributed by atoms with van der Waals surface area (Å²) < 4.78 is 78.2. The second-order valence-corrected chi connectivity index (χ2v) is 7.39. The van der Waals surface area contributed by atoms with Crippen LogP contribution in [0.25, 0.3) is 0 Å². The van der Waals surface area contributed by atoms with Gasteiger partial charge in [0.1, 0.15) is 5.82 Å². The SMILES string of the molecule is CC(NS(=O)(=O)c1cccc(C(F)(F)F)c1)C(=O)NCc1ccccc1F. The van der Waals surface area contributed by atoms with Crippen LogP contribution >= 0.6 is 0 Å². The van der Waals surface area contributed by atoms with E-state index in [4.69, 9.17) is 0 Å². The van der Waals surface area contributed by atoms with E-state index in [-0.39, 0.29) is 12.1 Å². The van der Waals surface area contributed by atoms with Gasteiger partial charge in [-0.05, 0) is 31.2 Å². The molecular formula is C17H16F4N2O3S. The molecule has 1 atom stereocenters. The van der Waals surface area contributed by atoms with Crippen molar-refractivity contribution in [1.82, 2.24) is 10.0 Å². The molecule has 0 saturated heterocycles. The maximum atomic E-state index is 13.5. The second-order valence-electron chi connectivity index (χ2n) is 5.68. The molecule has 0 aliphatic heterocycles. The summed E-state index contributed by atoms with van der Waals surface area (Å²) >= 11 is 0. The number of sulfonamides is 1. The van der Waals surface area contributed by atoms with Crippen LogP contribution in [0, 0.1) is 5.82 Å². The molecule has 2 N–H and O–H groups in total. The third-order valence-electron chi connectivity index (χ3n) is 3.61. The van der Waals surface area contributed by atoms with E-state index in [1.165, 1.54) is 25.1 Å². The van der Waals surface area contributed by atoms with E-state index in [2.05, 4.69) is 5.32 Å². The van der Waals surface area contributed by atoms with Crippen LogP contribution in [0.15, 0.2) is 53.4 Å². The van der Waals surface area contributed by atoms with Crippen molar-refractivity contribution in [3.05, 3.63) is 65.5 Å². The summed E-state index contributed by atoms with van der Waals surface area (Å²) in [6, 6.07) is 7.60. The molecule has 0 aromatic heterocycles. The Morgan fingerprint density at radius 1 is 1.11 bits per heavy atom.